The normalized spacial score (nSPS) is 11.1. The Hall–Kier alpha value is 0.260. The van der Waals surface area contributed by atoms with Crippen molar-refractivity contribution in [1.82, 2.24) is 4.90 Å². The van der Waals surface area contributed by atoms with Gasteiger partial charge >= 0.3 is 100 Å². The fourth-order valence-corrected chi connectivity index (χ4v) is 5.47. The zero-order valence-corrected chi connectivity index (χ0v) is 11.7. The molecule has 0 fully saturated rings. The molecule has 0 saturated carbocycles. The van der Waals surface area contributed by atoms with E-state index in [-0.39, 0.29) is 0 Å². The fourth-order valence-electron chi connectivity index (χ4n) is 1.00. The van der Waals surface area contributed by atoms with E-state index in [1.165, 1.54) is 22.3 Å². The molecule has 0 amide bonds. The first-order valence-electron chi connectivity index (χ1n) is 4.75. The van der Waals surface area contributed by atoms with Crippen LogP contribution in [0, 0.1) is 0 Å². The number of halogens is 1. The molecule has 0 unspecified atom stereocenters. The molecule has 14 heavy (non-hydrogen) atoms. The third kappa shape index (κ3) is 5.88. The molecule has 0 atom stereocenters. The van der Waals surface area contributed by atoms with Crippen LogP contribution in [-0.2, 0) is 0 Å². The van der Waals surface area contributed by atoms with Crippen LogP contribution in [0.1, 0.15) is 6.42 Å². The summed E-state index contributed by atoms with van der Waals surface area (Å²) in [6.07, 6.45) is 1.35. The molecule has 0 bridgehead atoms. The van der Waals surface area contributed by atoms with Crippen LogP contribution >= 0.6 is 8.93 Å². The van der Waals surface area contributed by atoms with Crippen molar-refractivity contribution in [1.29, 1.82) is 0 Å². The molecular weight excluding hydrogens is 305 g/mol. The Labute approximate surface area is 100.0 Å². The van der Waals surface area contributed by atoms with E-state index in [1.807, 2.05) is 0 Å². The van der Waals surface area contributed by atoms with Crippen LogP contribution in [0.2, 0.25) is 0 Å². The summed E-state index contributed by atoms with van der Waals surface area (Å²) in [5.41, 5.74) is 0. The summed E-state index contributed by atoms with van der Waals surface area (Å²) in [6.45, 7) is 1.23. The Morgan fingerprint density at radius 1 is 1.21 bits per heavy atom. The molecule has 0 saturated heterocycles. The number of nitrogens with zero attached hydrogens (tertiary/aromatic N) is 1. The summed E-state index contributed by atoms with van der Waals surface area (Å²) in [5, 5.41) is 0. The van der Waals surface area contributed by atoms with Crippen molar-refractivity contribution in [2.45, 2.75) is 11.3 Å². The van der Waals surface area contributed by atoms with Gasteiger partial charge < -0.3 is 0 Å². The van der Waals surface area contributed by atoms with Crippen LogP contribution in [0.4, 0.5) is 0 Å². The van der Waals surface area contributed by atoms with Crippen LogP contribution in [0.25, 0.3) is 0 Å². The Kier molecular flexibility index (Phi) is 6.64. The van der Waals surface area contributed by atoms with Gasteiger partial charge in [0.15, 0.2) is 0 Å². The van der Waals surface area contributed by atoms with Gasteiger partial charge in [0, 0.05) is 0 Å². The van der Waals surface area contributed by atoms with Gasteiger partial charge in [-0.1, -0.05) is 0 Å². The quantitative estimate of drug-likeness (QED) is 0.403. The van der Waals surface area contributed by atoms with Gasteiger partial charge in [0.05, 0.1) is 0 Å². The van der Waals surface area contributed by atoms with Gasteiger partial charge in [-0.2, -0.15) is 0 Å². The van der Waals surface area contributed by atoms with Gasteiger partial charge in [-0.05, 0) is 0 Å². The summed E-state index contributed by atoms with van der Waals surface area (Å²) in [6, 6.07) is 10.7. The van der Waals surface area contributed by atoms with Crippen molar-refractivity contribution in [3.8, 4) is 0 Å². The first-order valence-corrected chi connectivity index (χ1v) is 9.63. The van der Waals surface area contributed by atoms with Gasteiger partial charge in [0.2, 0.25) is 0 Å². The molecule has 1 aromatic carbocycles. The third-order valence-electron chi connectivity index (χ3n) is 1.70. The molecule has 0 heterocycles. The predicted octanol–water partition coefficient (Wildman–Crippen LogP) is -0.266. The van der Waals surface area contributed by atoms with Crippen molar-refractivity contribution >= 4 is 8.93 Å². The monoisotopic (exact) mass is 322 g/mol. The SMILES string of the molecule is CN(C)CCC[I-]Sc1ccccc1. The third-order valence-corrected chi connectivity index (χ3v) is 6.96. The molecule has 0 aromatic heterocycles. The molecule has 0 aliphatic rings. The number of hydrogen-bond donors (Lipinski definition) is 0. The molecule has 0 radical (unpaired) electrons. The van der Waals surface area contributed by atoms with Gasteiger partial charge in [-0.25, -0.2) is 0 Å². The molecule has 80 valence electrons. The number of hydrogen-bond acceptors (Lipinski definition) is 2. The maximum absolute atomic E-state index is 2.26. The van der Waals surface area contributed by atoms with Crippen LogP contribution in [0.3, 0.4) is 0 Å². The van der Waals surface area contributed by atoms with E-state index in [4.69, 9.17) is 0 Å². The average molecular weight is 322 g/mol. The molecule has 1 aromatic rings. The Bertz CT molecular complexity index is 238. The molecule has 0 aliphatic heterocycles. The molecule has 1 nitrogen and oxygen atoms in total. The van der Waals surface area contributed by atoms with Gasteiger partial charge in [0.25, 0.3) is 0 Å². The van der Waals surface area contributed by atoms with Gasteiger partial charge in [-0.3, -0.25) is 0 Å². The van der Waals surface area contributed by atoms with E-state index >= 15 is 0 Å². The molecule has 3 heteroatoms. The van der Waals surface area contributed by atoms with Crippen LogP contribution in [0.15, 0.2) is 35.2 Å². The van der Waals surface area contributed by atoms with Crippen molar-refractivity contribution in [3.63, 3.8) is 0 Å². The zero-order valence-electron chi connectivity index (χ0n) is 8.74. The van der Waals surface area contributed by atoms with E-state index in [2.05, 4.69) is 58.3 Å². The summed E-state index contributed by atoms with van der Waals surface area (Å²) in [7, 11) is 6.35. The maximum atomic E-state index is 2.26. The first-order chi connectivity index (χ1) is 6.79. The summed E-state index contributed by atoms with van der Waals surface area (Å²) in [5.74, 6) is 0. The van der Waals surface area contributed by atoms with Crippen LogP contribution in [-0.4, -0.2) is 30.0 Å². The van der Waals surface area contributed by atoms with Crippen molar-refractivity contribution < 1.29 is 19.8 Å². The van der Waals surface area contributed by atoms with E-state index < -0.39 is 0 Å². The molecule has 0 N–H and O–H groups in total. The first kappa shape index (κ1) is 12.3. The van der Waals surface area contributed by atoms with Crippen molar-refractivity contribution in [2.75, 3.05) is 25.1 Å². The van der Waals surface area contributed by atoms with Crippen molar-refractivity contribution in [3.05, 3.63) is 30.3 Å². The number of rotatable bonds is 6. The van der Waals surface area contributed by atoms with E-state index in [0.29, 0.717) is 19.8 Å². The fraction of sp³-hybridized carbons (Fsp3) is 0.455. The second-order valence-electron chi connectivity index (χ2n) is 3.35. The van der Waals surface area contributed by atoms with E-state index in [0.717, 1.165) is 0 Å². The Balaban J connectivity index is 2.05. The minimum absolute atomic E-state index is 0.304. The number of alkyl halides is 1. The topological polar surface area (TPSA) is 3.24 Å². The van der Waals surface area contributed by atoms with Gasteiger partial charge in [0.1, 0.15) is 0 Å². The second kappa shape index (κ2) is 7.54. The summed E-state index contributed by atoms with van der Waals surface area (Å²) in [4.78, 5) is 3.70. The predicted molar refractivity (Wildman–Crippen MR) is 60.3 cm³/mol. The minimum atomic E-state index is 0.304. The average Bonchev–Trinajstić information content (AvgIpc) is 2.18. The van der Waals surface area contributed by atoms with Crippen molar-refractivity contribution in [2.24, 2.45) is 0 Å². The molecule has 0 aliphatic carbocycles. The Morgan fingerprint density at radius 2 is 1.93 bits per heavy atom. The van der Waals surface area contributed by atoms with Gasteiger partial charge in [-0.15, -0.1) is 0 Å². The standard InChI is InChI=1S/C11H17INS/c1-13(2)10-6-9-12-14-11-7-4-3-5-8-11/h3-5,7-8H,6,9-10H2,1-2H3/q-1. The summed E-state index contributed by atoms with van der Waals surface area (Å²) >= 11 is 0.304. The molecule has 0 spiro atoms. The molecule has 1 rings (SSSR count). The number of benzene rings is 1. The zero-order chi connectivity index (χ0) is 10.2. The Morgan fingerprint density at radius 3 is 2.57 bits per heavy atom. The summed E-state index contributed by atoms with van der Waals surface area (Å²) < 4.78 is 1.41. The van der Waals surface area contributed by atoms with Crippen LogP contribution in [0.5, 0.6) is 0 Å². The molecular formula is C11H17INS-. The van der Waals surface area contributed by atoms with Crippen LogP contribution < -0.4 is 19.8 Å². The second-order valence-corrected chi connectivity index (χ2v) is 8.46. The van der Waals surface area contributed by atoms with E-state index in [1.54, 1.807) is 0 Å². The van der Waals surface area contributed by atoms with E-state index in [9.17, 15) is 0 Å².